The molecule has 0 radical (unpaired) electrons. The van der Waals surface area contributed by atoms with Crippen LogP contribution >= 0.6 is 22.9 Å². The number of pyridine rings is 1. The van der Waals surface area contributed by atoms with Crippen molar-refractivity contribution in [3.8, 4) is 11.1 Å². The van der Waals surface area contributed by atoms with E-state index in [1.807, 2.05) is 31.2 Å². The molecule has 0 aliphatic heterocycles. The van der Waals surface area contributed by atoms with Gasteiger partial charge in [-0.05, 0) is 43.2 Å². The van der Waals surface area contributed by atoms with Crippen LogP contribution in [0.3, 0.4) is 0 Å². The minimum atomic E-state index is -3.56. The number of hydrogen-bond acceptors (Lipinski definition) is 4. The van der Waals surface area contributed by atoms with Crippen LogP contribution in [0.5, 0.6) is 0 Å². The highest BCUT2D eigenvalue weighted by Crippen LogP contribution is 2.42. The zero-order valence-electron chi connectivity index (χ0n) is 14.0. The first-order chi connectivity index (χ1) is 11.9. The van der Waals surface area contributed by atoms with E-state index in [4.69, 9.17) is 11.6 Å². The van der Waals surface area contributed by atoms with Gasteiger partial charge in [0.05, 0.1) is 0 Å². The Morgan fingerprint density at radius 3 is 2.64 bits per heavy atom. The van der Waals surface area contributed by atoms with Crippen molar-refractivity contribution >= 4 is 43.0 Å². The quantitative estimate of drug-likeness (QED) is 0.528. The molecule has 2 heterocycles. The van der Waals surface area contributed by atoms with Gasteiger partial charge in [0.2, 0.25) is 9.84 Å². The van der Waals surface area contributed by atoms with E-state index < -0.39 is 9.84 Å². The molecule has 6 heteroatoms. The van der Waals surface area contributed by atoms with Gasteiger partial charge in [-0.25, -0.2) is 13.4 Å². The lowest BCUT2D eigenvalue weighted by molar-refractivity contribution is 0.604. The van der Waals surface area contributed by atoms with Crippen molar-refractivity contribution in [3.05, 3.63) is 58.6 Å². The maximum atomic E-state index is 13.2. The van der Waals surface area contributed by atoms with Gasteiger partial charge in [0.15, 0.2) is 0 Å². The van der Waals surface area contributed by atoms with Crippen LogP contribution in [0.2, 0.25) is 5.02 Å². The Kier molecular flexibility index (Phi) is 5.27. The van der Waals surface area contributed by atoms with E-state index in [2.05, 4.69) is 4.98 Å². The molecule has 0 aliphatic carbocycles. The second-order valence-corrected chi connectivity index (χ2v) is 9.49. The molecule has 0 unspecified atom stereocenters. The summed E-state index contributed by atoms with van der Waals surface area (Å²) in [5, 5.41) is 1.46. The fourth-order valence-electron chi connectivity index (χ4n) is 2.59. The molecule has 3 aromatic rings. The van der Waals surface area contributed by atoms with Crippen LogP contribution in [0.25, 0.3) is 21.3 Å². The average Bonchev–Trinajstić information content (AvgIpc) is 3.00. The van der Waals surface area contributed by atoms with Gasteiger partial charge < -0.3 is 0 Å². The molecule has 0 saturated heterocycles. The maximum Gasteiger partial charge on any atom is 0.212 e. The Balaban J connectivity index is 2.28. The fourth-order valence-corrected chi connectivity index (χ4v) is 5.82. The lowest BCUT2D eigenvalue weighted by Gasteiger charge is -2.07. The van der Waals surface area contributed by atoms with Gasteiger partial charge in [-0.15, -0.1) is 11.3 Å². The number of benzene rings is 1. The molecule has 3 rings (SSSR count). The summed E-state index contributed by atoms with van der Waals surface area (Å²) in [5.74, 6) is 0. The summed E-state index contributed by atoms with van der Waals surface area (Å²) in [6.07, 6.45) is 5.12. The highest BCUT2D eigenvalue weighted by atomic mass is 35.5. The SMILES string of the molecule is CCC/C=C(\C)S(=O)(=O)c1sc2ncccc2c1-c1ccc(Cl)cc1. The smallest absolute Gasteiger partial charge is 0.212 e. The van der Waals surface area contributed by atoms with Gasteiger partial charge in [-0.3, -0.25) is 0 Å². The first kappa shape index (κ1) is 18.1. The number of fused-ring (bicyclic) bond motifs is 1. The van der Waals surface area contributed by atoms with Gasteiger partial charge in [0.25, 0.3) is 0 Å². The largest absolute Gasteiger partial charge is 0.245 e. The van der Waals surface area contributed by atoms with Crippen LogP contribution in [-0.2, 0) is 9.84 Å². The Labute approximate surface area is 156 Å². The summed E-state index contributed by atoms with van der Waals surface area (Å²) in [5.41, 5.74) is 1.53. The first-order valence-corrected chi connectivity index (χ1v) is 10.7. The highest BCUT2D eigenvalue weighted by molar-refractivity contribution is 7.97. The highest BCUT2D eigenvalue weighted by Gasteiger charge is 2.26. The van der Waals surface area contributed by atoms with Gasteiger partial charge >= 0.3 is 0 Å². The molecule has 0 spiro atoms. The molecule has 0 atom stereocenters. The number of thiophene rings is 1. The molecule has 25 heavy (non-hydrogen) atoms. The topological polar surface area (TPSA) is 47.0 Å². The Morgan fingerprint density at radius 2 is 1.96 bits per heavy atom. The van der Waals surface area contributed by atoms with Crippen molar-refractivity contribution in [2.45, 2.75) is 30.9 Å². The molecule has 0 amide bonds. The predicted octanol–water partition coefficient (Wildman–Crippen LogP) is 6.09. The Bertz CT molecular complexity index is 1030. The number of hydrogen-bond donors (Lipinski definition) is 0. The summed E-state index contributed by atoms with van der Waals surface area (Å²) in [4.78, 5) is 5.45. The number of allylic oxidation sites excluding steroid dienone is 2. The van der Waals surface area contributed by atoms with E-state index >= 15 is 0 Å². The van der Waals surface area contributed by atoms with Crippen LogP contribution in [0, 0.1) is 0 Å². The van der Waals surface area contributed by atoms with E-state index in [-0.39, 0.29) is 0 Å². The van der Waals surface area contributed by atoms with E-state index in [9.17, 15) is 8.42 Å². The molecule has 0 fully saturated rings. The molecular weight excluding hydrogens is 374 g/mol. The summed E-state index contributed by atoms with van der Waals surface area (Å²) in [6.45, 7) is 3.69. The third-order valence-electron chi connectivity index (χ3n) is 3.96. The Morgan fingerprint density at radius 1 is 1.24 bits per heavy atom. The molecule has 0 aliphatic rings. The minimum Gasteiger partial charge on any atom is -0.245 e. The summed E-state index contributed by atoms with van der Waals surface area (Å²) >= 11 is 7.21. The monoisotopic (exact) mass is 391 g/mol. The minimum absolute atomic E-state index is 0.341. The number of rotatable bonds is 5. The normalized spacial score (nSPS) is 12.7. The second kappa shape index (κ2) is 7.28. The predicted molar refractivity (Wildman–Crippen MR) is 106 cm³/mol. The standard InChI is InChI=1S/C19H18ClNO2S2/c1-3-4-6-13(2)25(22,23)19-17(14-8-10-15(20)11-9-14)16-7-5-12-21-18(16)24-19/h5-12H,3-4H2,1-2H3/b13-6+. The summed E-state index contributed by atoms with van der Waals surface area (Å²) in [6, 6.07) is 11.0. The molecule has 2 aromatic heterocycles. The van der Waals surface area contributed by atoms with E-state index in [0.717, 1.165) is 23.8 Å². The van der Waals surface area contributed by atoms with Crippen LogP contribution < -0.4 is 0 Å². The summed E-state index contributed by atoms with van der Waals surface area (Å²) in [7, 11) is -3.56. The zero-order valence-corrected chi connectivity index (χ0v) is 16.4. The third kappa shape index (κ3) is 3.50. The molecular formula is C19H18ClNO2S2. The van der Waals surface area contributed by atoms with Crippen molar-refractivity contribution in [1.29, 1.82) is 0 Å². The number of unbranched alkanes of at least 4 members (excludes halogenated alkanes) is 1. The zero-order chi connectivity index (χ0) is 18.0. The van der Waals surface area contributed by atoms with Crippen LogP contribution in [0.1, 0.15) is 26.7 Å². The van der Waals surface area contributed by atoms with Crippen LogP contribution in [0.15, 0.2) is 57.8 Å². The van der Waals surface area contributed by atoms with Gasteiger partial charge in [0, 0.05) is 27.1 Å². The van der Waals surface area contributed by atoms with Crippen molar-refractivity contribution in [3.63, 3.8) is 0 Å². The van der Waals surface area contributed by atoms with Crippen molar-refractivity contribution < 1.29 is 8.42 Å². The molecule has 130 valence electrons. The number of sulfone groups is 1. The van der Waals surface area contributed by atoms with Crippen molar-refractivity contribution in [2.24, 2.45) is 0 Å². The molecule has 0 N–H and O–H groups in total. The van der Waals surface area contributed by atoms with E-state index in [1.165, 1.54) is 11.3 Å². The van der Waals surface area contributed by atoms with Gasteiger partial charge in [-0.1, -0.05) is 43.2 Å². The van der Waals surface area contributed by atoms with E-state index in [0.29, 0.717) is 24.5 Å². The van der Waals surface area contributed by atoms with Gasteiger partial charge in [-0.2, -0.15) is 0 Å². The lowest BCUT2D eigenvalue weighted by atomic mass is 10.1. The first-order valence-electron chi connectivity index (χ1n) is 8.00. The number of aromatic nitrogens is 1. The van der Waals surface area contributed by atoms with Crippen molar-refractivity contribution in [1.82, 2.24) is 4.98 Å². The van der Waals surface area contributed by atoms with Gasteiger partial charge in [0.1, 0.15) is 9.04 Å². The van der Waals surface area contributed by atoms with E-state index in [1.54, 1.807) is 31.3 Å². The molecule has 0 saturated carbocycles. The molecule has 1 aromatic carbocycles. The average molecular weight is 392 g/mol. The van der Waals surface area contributed by atoms with Crippen LogP contribution in [-0.4, -0.2) is 13.4 Å². The number of halogens is 1. The van der Waals surface area contributed by atoms with Crippen molar-refractivity contribution in [2.75, 3.05) is 0 Å². The molecule has 0 bridgehead atoms. The second-order valence-electron chi connectivity index (χ2n) is 5.73. The maximum absolute atomic E-state index is 13.2. The summed E-state index contributed by atoms with van der Waals surface area (Å²) < 4.78 is 26.7. The molecule has 3 nitrogen and oxygen atoms in total. The third-order valence-corrected chi connectivity index (χ3v) is 7.73. The number of nitrogens with zero attached hydrogens (tertiary/aromatic N) is 1. The fraction of sp³-hybridized carbons (Fsp3) is 0.211. The Hall–Kier alpha value is -1.69. The lowest BCUT2D eigenvalue weighted by Crippen LogP contribution is -2.02. The van der Waals surface area contributed by atoms with Crippen LogP contribution in [0.4, 0.5) is 0 Å².